The monoisotopic (exact) mass is 253 g/mol. The summed E-state index contributed by atoms with van der Waals surface area (Å²) in [4.78, 5) is 24.8. The first kappa shape index (κ1) is 13.6. The Labute approximate surface area is 105 Å². The highest BCUT2D eigenvalue weighted by Gasteiger charge is 2.12. The molecule has 0 aromatic heterocycles. The number of carbonyl (C=O) groups excluding carboxylic acids is 1. The third-order valence-corrected chi connectivity index (χ3v) is 3.05. The van der Waals surface area contributed by atoms with E-state index in [1.165, 1.54) is 4.90 Å². The van der Waals surface area contributed by atoms with E-state index in [2.05, 4.69) is 0 Å². The molecule has 92 valence electrons. The minimum atomic E-state index is -0.900. The Bertz CT molecular complexity index is 420. The van der Waals surface area contributed by atoms with Gasteiger partial charge in [-0.15, -0.1) is 11.8 Å². The van der Waals surface area contributed by atoms with E-state index in [1.54, 1.807) is 24.9 Å². The Morgan fingerprint density at radius 2 is 2.12 bits per heavy atom. The molecule has 1 aromatic carbocycles. The van der Waals surface area contributed by atoms with Crippen LogP contribution in [0.2, 0.25) is 0 Å². The Hall–Kier alpha value is -1.49. The summed E-state index contributed by atoms with van der Waals surface area (Å²) in [5, 5.41) is 8.56. The molecule has 1 aromatic rings. The first-order valence-corrected chi connectivity index (χ1v) is 6.38. The zero-order valence-electron chi connectivity index (χ0n) is 9.84. The second kappa shape index (κ2) is 6.30. The quantitative estimate of drug-likeness (QED) is 0.815. The number of nitrogens with zero attached hydrogens (tertiary/aromatic N) is 1. The number of hydrogen-bond acceptors (Lipinski definition) is 3. The van der Waals surface area contributed by atoms with E-state index in [4.69, 9.17) is 5.11 Å². The van der Waals surface area contributed by atoms with E-state index < -0.39 is 5.97 Å². The standard InChI is InChI=1S/C12H15NO3S/c1-13(7-6-11(14)15)12(16)9-4-3-5-10(8-9)17-2/h3-5,8H,6-7H2,1-2H3,(H,14,15). The number of aliphatic carboxylic acids is 1. The van der Waals surface area contributed by atoms with Gasteiger partial charge in [0.2, 0.25) is 0 Å². The van der Waals surface area contributed by atoms with Gasteiger partial charge in [0.1, 0.15) is 0 Å². The molecule has 0 aliphatic carbocycles. The zero-order valence-corrected chi connectivity index (χ0v) is 10.7. The highest BCUT2D eigenvalue weighted by molar-refractivity contribution is 7.98. The molecule has 0 saturated carbocycles. The van der Waals surface area contributed by atoms with E-state index in [0.717, 1.165) is 4.90 Å². The summed E-state index contributed by atoms with van der Waals surface area (Å²) in [7, 11) is 1.61. The van der Waals surface area contributed by atoms with Crippen LogP contribution in [0.15, 0.2) is 29.2 Å². The predicted octanol–water partition coefficient (Wildman–Crippen LogP) is 1.96. The summed E-state index contributed by atoms with van der Waals surface area (Å²) in [6, 6.07) is 7.30. The van der Waals surface area contributed by atoms with Crippen molar-refractivity contribution in [2.75, 3.05) is 19.8 Å². The van der Waals surface area contributed by atoms with Crippen molar-refractivity contribution in [3.63, 3.8) is 0 Å². The van der Waals surface area contributed by atoms with Crippen LogP contribution < -0.4 is 0 Å². The minimum absolute atomic E-state index is 0.0372. The summed E-state index contributed by atoms with van der Waals surface area (Å²) in [5.74, 6) is -1.05. The maximum absolute atomic E-state index is 11.9. The topological polar surface area (TPSA) is 57.6 Å². The molecule has 0 radical (unpaired) electrons. The van der Waals surface area contributed by atoms with Crippen LogP contribution in [-0.2, 0) is 4.79 Å². The van der Waals surface area contributed by atoms with E-state index >= 15 is 0 Å². The third-order valence-electron chi connectivity index (χ3n) is 2.32. The Balaban J connectivity index is 2.70. The Morgan fingerprint density at radius 3 is 2.71 bits per heavy atom. The van der Waals surface area contributed by atoms with Crippen LogP contribution in [0, 0.1) is 0 Å². The van der Waals surface area contributed by atoms with Crippen LogP contribution in [0.5, 0.6) is 0 Å². The van der Waals surface area contributed by atoms with Crippen molar-refractivity contribution in [2.45, 2.75) is 11.3 Å². The van der Waals surface area contributed by atoms with Gasteiger partial charge in [-0.05, 0) is 24.5 Å². The fourth-order valence-corrected chi connectivity index (χ4v) is 1.80. The van der Waals surface area contributed by atoms with Crippen molar-refractivity contribution in [3.05, 3.63) is 29.8 Å². The highest BCUT2D eigenvalue weighted by Crippen LogP contribution is 2.16. The summed E-state index contributed by atoms with van der Waals surface area (Å²) in [6.07, 6.45) is 1.90. The van der Waals surface area contributed by atoms with Crippen molar-refractivity contribution < 1.29 is 14.7 Å². The number of rotatable bonds is 5. The van der Waals surface area contributed by atoms with Gasteiger partial charge in [0.15, 0.2) is 0 Å². The lowest BCUT2D eigenvalue weighted by atomic mass is 10.2. The third kappa shape index (κ3) is 4.11. The number of carboxylic acid groups (broad SMARTS) is 1. The predicted molar refractivity (Wildman–Crippen MR) is 67.4 cm³/mol. The molecular formula is C12H15NO3S. The van der Waals surface area contributed by atoms with Crippen LogP contribution >= 0.6 is 11.8 Å². The van der Waals surface area contributed by atoms with Crippen molar-refractivity contribution in [3.8, 4) is 0 Å². The van der Waals surface area contributed by atoms with Crippen molar-refractivity contribution in [2.24, 2.45) is 0 Å². The second-order valence-corrected chi connectivity index (χ2v) is 4.48. The van der Waals surface area contributed by atoms with Gasteiger partial charge in [0, 0.05) is 24.1 Å². The lowest BCUT2D eigenvalue weighted by Gasteiger charge is -2.16. The minimum Gasteiger partial charge on any atom is -0.481 e. The Kier molecular flexibility index (Phi) is 5.03. The molecule has 1 N–H and O–H groups in total. The molecule has 0 aliphatic rings. The lowest BCUT2D eigenvalue weighted by Crippen LogP contribution is -2.29. The molecule has 5 heteroatoms. The number of benzene rings is 1. The van der Waals surface area contributed by atoms with E-state index in [0.29, 0.717) is 5.56 Å². The van der Waals surface area contributed by atoms with Crippen LogP contribution in [0.3, 0.4) is 0 Å². The molecule has 0 fully saturated rings. The van der Waals surface area contributed by atoms with Crippen LogP contribution in [-0.4, -0.2) is 41.7 Å². The molecule has 1 amide bonds. The molecule has 0 bridgehead atoms. The van der Waals surface area contributed by atoms with E-state index in [1.807, 2.05) is 24.5 Å². The number of carboxylic acids is 1. The van der Waals surface area contributed by atoms with Gasteiger partial charge in [-0.3, -0.25) is 9.59 Å². The van der Waals surface area contributed by atoms with Gasteiger partial charge in [-0.25, -0.2) is 0 Å². The summed E-state index contributed by atoms with van der Waals surface area (Å²) in [5.41, 5.74) is 0.588. The fourth-order valence-electron chi connectivity index (χ4n) is 1.34. The smallest absolute Gasteiger partial charge is 0.305 e. The lowest BCUT2D eigenvalue weighted by molar-refractivity contribution is -0.137. The largest absolute Gasteiger partial charge is 0.481 e. The SMILES string of the molecule is CSc1cccc(C(=O)N(C)CCC(=O)O)c1. The zero-order chi connectivity index (χ0) is 12.8. The van der Waals surface area contributed by atoms with Crippen molar-refractivity contribution in [1.82, 2.24) is 4.90 Å². The number of hydrogen-bond donors (Lipinski definition) is 1. The van der Waals surface area contributed by atoms with Gasteiger partial charge in [-0.2, -0.15) is 0 Å². The van der Waals surface area contributed by atoms with Gasteiger partial charge in [0.25, 0.3) is 5.91 Å². The van der Waals surface area contributed by atoms with Crippen LogP contribution in [0.4, 0.5) is 0 Å². The van der Waals surface area contributed by atoms with Crippen molar-refractivity contribution in [1.29, 1.82) is 0 Å². The average Bonchev–Trinajstić information content (AvgIpc) is 2.35. The van der Waals surface area contributed by atoms with E-state index in [-0.39, 0.29) is 18.9 Å². The molecule has 0 spiro atoms. The first-order valence-electron chi connectivity index (χ1n) is 5.16. The molecule has 1 rings (SSSR count). The number of carbonyl (C=O) groups is 2. The van der Waals surface area contributed by atoms with Gasteiger partial charge in [-0.1, -0.05) is 6.07 Å². The van der Waals surface area contributed by atoms with Gasteiger partial charge in [0.05, 0.1) is 6.42 Å². The molecule has 0 aliphatic heterocycles. The summed E-state index contributed by atoms with van der Waals surface area (Å²) in [6.45, 7) is 0.220. The average molecular weight is 253 g/mol. The molecule has 0 unspecified atom stereocenters. The molecule has 0 heterocycles. The second-order valence-electron chi connectivity index (χ2n) is 3.60. The fraction of sp³-hybridized carbons (Fsp3) is 0.333. The van der Waals surface area contributed by atoms with Crippen molar-refractivity contribution >= 4 is 23.6 Å². The molecule has 0 atom stereocenters. The normalized spacial score (nSPS) is 10.0. The molecular weight excluding hydrogens is 238 g/mol. The van der Waals surface area contributed by atoms with E-state index in [9.17, 15) is 9.59 Å². The van der Waals surface area contributed by atoms with Gasteiger partial charge >= 0.3 is 5.97 Å². The number of thioether (sulfide) groups is 1. The first-order chi connectivity index (χ1) is 8.04. The molecule has 17 heavy (non-hydrogen) atoms. The maximum Gasteiger partial charge on any atom is 0.305 e. The van der Waals surface area contributed by atoms with Gasteiger partial charge < -0.3 is 10.0 Å². The molecule has 0 saturated heterocycles. The summed E-state index contributed by atoms with van der Waals surface area (Å²) < 4.78 is 0. The molecule has 4 nitrogen and oxygen atoms in total. The maximum atomic E-state index is 11.9. The highest BCUT2D eigenvalue weighted by atomic mass is 32.2. The number of amides is 1. The Morgan fingerprint density at radius 1 is 1.41 bits per heavy atom. The summed E-state index contributed by atoms with van der Waals surface area (Å²) >= 11 is 1.57. The van der Waals surface area contributed by atoms with Crippen LogP contribution in [0.1, 0.15) is 16.8 Å². The van der Waals surface area contributed by atoms with Crippen LogP contribution in [0.25, 0.3) is 0 Å².